The van der Waals surface area contributed by atoms with Crippen LogP contribution < -0.4 is 16.2 Å². The number of fused-ring (bicyclic) bond motifs is 1. The molecule has 1 aliphatic rings. The van der Waals surface area contributed by atoms with Crippen molar-refractivity contribution in [2.75, 3.05) is 10.6 Å². The van der Waals surface area contributed by atoms with Gasteiger partial charge in [-0.15, -0.1) is 0 Å². The summed E-state index contributed by atoms with van der Waals surface area (Å²) in [4.78, 5) is 38.5. The number of benzene rings is 2. The quantitative estimate of drug-likeness (QED) is 0.539. The summed E-state index contributed by atoms with van der Waals surface area (Å²) in [6, 6.07) is 10.9. The molecule has 3 aromatic rings. The van der Waals surface area contributed by atoms with Gasteiger partial charge >= 0.3 is 0 Å². The monoisotopic (exact) mass is 464 g/mol. The summed E-state index contributed by atoms with van der Waals surface area (Å²) in [7, 11) is 0. The zero-order valence-corrected chi connectivity index (χ0v) is 19.4. The highest BCUT2D eigenvalue weighted by Gasteiger charge is 2.22. The lowest BCUT2D eigenvalue weighted by Gasteiger charge is -2.21. The summed E-state index contributed by atoms with van der Waals surface area (Å²) in [6.07, 6.45) is 4.71. The van der Waals surface area contributed by atoms with Crippen molar-refractivity contribution >= 4 is 34.0 Å². The van der Waals surface area contributed by atoms with Gasteiger partial charge in [-0.05, 0) is 43.0 Å². The van der Waals surface area contributed by atoms with Gasteiger partial charge in [0.1, 0.15) is 5.82 Å². The van der Waals surface area contributed by atoms with Crippen molar-refractivity contribution in [2.45, 2.75) is 52.5 Å². The normalized spacial score (nSPS) is 14.4. The first kappa shape index (κ1) is 23.6. The van der Waals surface area contributed by atoms with Crippen LogP contribution in [0.5, 0.6) is 0 Å². The Bertz CT molecular complexity index is 1280. The fourth-order valence-corrected chi connectivity index (χ4v) is 4.36. The van der Waals surface area contributed by atoms with Gasteiger partial charge in [0.2, 0.25) is 5.91 Å². The molecule has 2 amide bonds. The number of halogens is 1. The number of anilines is 2. The second-order valence-corrected chi connectivity index (χ2v) is 9.25. The minimum absolute atomic E-state index is 0.0240. The topological polar surface area (TPSA) is 93.1 Å². The molecular weight excluding hydrogens is 435 g/mol. The van der Waals surface area contributed by atoms with E-state index in [0.717, 1.165) is 32.1 Å². The van der Waals surface area contributed by atoms with Crippen molar-refractivity contribution in [1.29, 1.82) is 0 Å². The average molecular weight is 465 g/mol. The highest BCUT2D eigenvalue weighted by atomic mass is 19.1. The molecule has 4 rings (SSSR count). The molecule has 2 aromatic carbocycles. The Morgan fingerprint density at radius 1 is 1.06 bits per heavy atom. The van der Waals surface area contributed by atoms with Crippen LogP contribution in [0.4, 0.5) is 15.8 Å². The SMILES string of the molecule is CC(C)Cn1nc(C(=O)Nc2ccc(F)c(NC(=O)C3CCCCC3)c2)c2ccccc2c1=O. The smallest absolute Gasteiger partial charge is 0.276 e. The molecular formula is C26H29FN4O3. The van der Waals surface area contributed by atoms with Crippen molar-refractivity contribution in [1.82, 2.24) is 9.78 Å². The van der Waals surface area contributed by atoms with Gasteiger partial charge in [0.25, 0.3) is 11.5 Å². The van der Waals surface area contributed by atoms with Crippen LogP contribution in [0.25, 0.3) is 10.8 Å². The molecule has 1 aromatic heterocycles. The zero-order valence-electron chi connectivity index (χ0n) is 19.4. The molecule has 0 spiro atoms. The summed E-state index contributed by atoms with van der Waals surface area (Å²) in [5.41, 5.74) is 0.192. The van der Waals surface area contributed by atoms with Crippen molar-refractivity contribution in [3.8, 4) is 0 Å². The number of nitrogens with one attached hydrogen (secondary N) is 2. The minimum atomic E-state index is -0.573. The third kappa shape index (κ3) is 5.16. The molecule has 1 aliphatic carbocycles. The number of aromatic nitrogens is 2. The highest BCUT2D eigenvalue weighted by Crippen LogP contribution is 2.27. The number of amides is 2. The average Bonchev–Trinajstić information content (AvgIpc) is 2.83. The van der Waals surface area contributed by atoms with Gasteiger partial charge < -0.3 is 10.6 Å². The molecule has 2 N–H and O–H groups in total. The Kier molecular flexibility index (Phi) is 7.05. The maximum atomic E-state index is 14.4. The lowest BCUT2D eigenvalue weighted by atomic mass is 9.88. The molecule has 1 heterocycles. The van der Waals surface area contributed by atoms with Gasteiger partial charge in [0.05, 0.1) is 11.1 Å². The highest BCUT2D eigenvalue weighted by molar-refractivity contribution is 6.11. The van der Waals surface area contributed by atoms with Gasteiger partial charge in [-0.3, -0.25) is 14.4 Å². The summed E-state index contributed by atoms with van der Waals surface area (Å²) >= 11 is 0. The molecule has 178 valence electrons. The fraction of sp³-hybridized carbons (Fsp3) is 0.385. The first-order valence-corrected chi connectivity index (χ1v) is 11.7. The van der Waals surface area contributed by atoms with E-state index in [0.29, 0.717) is 23.0 Å². The maximum absolute atomic E-state index is 14.4. The molecule has 0 unspecified atom stereocenters. The Morgan fingerprint density at radius 3 is 2.47 bits per heavy atom. The summed E-state index contributed by atoms with van der Waals surface area (Å²) < 4.78 is 15.7. The third-order valence-electron chi connectivity index (χ3n) is 6.08. The van der Waals surface area contributed by atoms with E-state index < -0.39 is 11.7 Å². The molecule has 7 nitrogen and oxygen atoms in total. The van der Waals surface area contributed by atoms with E-state index in [9.17, 15) is 18.8 Å². The third-order valence-corrected chi connectivity index (χ3v) is 6.08. The lowest BCUT2D eigenvalue weighted by molar-refractivity contribution is -0.120. The molecule has 0 aliphatic heterocycles. The number of hydrogen-bond acceptors (Lipinski definition) is 4. The molecule has 1 saturated carbocycles. The van der Waals surface area contributed by atoms with Crippen LogP contribution in [-0.4, -0.2) is 21.6 Å². The van der Waals surface area contributed by atoms with Gasteiger partial charge in [-0.25, -0.2) is 9.07 Å². The number of carbonyl (C=O) groups is 2. The molecule has 0 radical (unpaired) electrons. The van der Waals surface area contributed by atoms with Crippen LogP contribution in [-0.2, 0) is 11.3 Å². The second-order valence-electron chi connectivity index (χ2n) is 9.25. The predicted octanol–water partition coefficient (Wildman–Crippen LogP) is 4.96. The molecule has 0 atom stereocenters. The van der Waals surface area contributed by atoms with Crippen LogP contribution in [0.1, 0.15) is 56.4 Å². The van der Waals surface area contributed by atoms with Crippen molar-refractivity contribution in [3.63, 3.8) is 0 Å². The van der Waals surface area contributed by atoms with Gasteiger partial charge in [-0.1, -0.05) is 51.3 Å². The minimum Gasteiger partial charge on any atom is -0.323 e. The number of hydrogen-bond donors (Lipinski definition) is 2. The molecule has 0 bridgehead atoms. The Hall–Kier alpha value is -3.55. The van der Waals surface area contributed by atoms with E-state index >= 15 is 0 Å². The van der Waals surface area contributed by atoms with E-state index in [1.165, 1.54) is 22.9 Å². The Balaban J connectivity index is 1.60. The molecule has 0 saturated heterocycles. The number of nitrogens with zero attached hydrogens (tertiary/aromatic N) is 2. The van der Waals surface area contributed by atoms with E-state index in [-0.39, 0.29) is 34.7 Å². The predicted molar refractivity (Wildman–Crippen MR) is 130 cm³/mol. The lowest BCUT2D eigenvalue weighted by Crippen LogP contribution is -2.29. The van der Waals surface area contributed by atoms with E-state index in [1.807, 2.05) is 13.8 Å². The Labute approximate surface area is 197 Å². The number of carbonyl (C=O) groups excluding carboxylic acids is 2. The van der Waals surface area contributed by atoms with E-state index in [4.69, 9.17) is 0 Å². The Morgan fingerprint density at radius 2 is 1.76 bits per heavy atom. The summed E-state index contributed by atoms with van der Waals surface area (Å²) in [5, 5.41) is 10.6. The number of rotatable bonds is 6. The van der Waals surface area contributed by atoms with Gasteiger partial charge in [0, 0.05) is 23.5 Å². The fourth-order valence-electron chi connectivity index (χ4n) is 4.36. The summed E-state index contributed by atoms with van der Waals surface area (Å²) in [6.45, 7) is 4.30. The van der Waals surface area contributed by atoms with Crippen molar-refractivity contribution in [2.24, 2.45) is 11.8 Å². The van der Waals surface area contributed by atoms with Gasteiger partial charge in [0.15, 0.2) is 5.69 Å². The van der Waals surface area contributed by atoms with Crippen LogP contribution >= 0.6 is 0 Å². The second kappa shape index (κ2) is 10.2. The molecule has 8 heteroatoms. The zero-order chi connectivity index (χ0) is 24.2. The first-order valence-electron chi connectivity index (χ1n) is 11.7. The standard InChI is InChI=1S/C26H29FN4O3/c1-16(2)15-31-26(34)20-11-7-6-10-19(20)23(30-31)25(33)28-18-12-13-21(27)22(14-18)29-24(32)17-8-4-3-5-9-17/h6-7,10-14,16-17H,3-5,8-9,15H2,1-2H3,(H,28,33)(H,29,32). The van der Waals surface area contributed by atoms with Crippen LogP contribution in [0.3, 0.4) is 0 Å². The van der Waals surface area contributed by atoms with E-state index in [1.54, 1.807) is 24.3 Å². The largest absolute Gasteiger partial charge is 0.323 e. The van der Waals surface area contributed by atoms with Crippen LogP contribution in [0.2, 0.25) is 0 Å². The van der Waals surface area contributed by atoms with Gasteiger partial charge in [-0.2, -0.15) is 5.10 Å². The van der Waals surface area contributed by atoms with Crippen LogP contribution in [0.15, 0.2) is 47.3 Å². The van der Waals surface area contributed by atoms with Crippen LogP contribution in [0, 0.1) is 17.7 Å². The maximum Gasteiger partial charge on any atom is 0.276 e. The van der Waals surface area contributed by atoms with Crippen molar-refractivity contribution < 1.29 is 14.0 Å². The van der Waals surface area contributed by atoms with Crippen molar-refractivity contribution in [3.05, 3.63) is 64.3 Å². The van der Waals surface area contributed by atoms with E-state index in [2.05, 4.69) is 15.7 Å². The molecule has 1 fully saturated rings. The first-order chi connectivity index (χ1) is 16.3. The molecule has 34 heavy (non-hydrogen) atoms. The summed E-state index contributed by atoms with van der Waals surface area (Å²) in [5.74, 6) is -1.25.